The summed E-state index contributed by atoms with van der Waals surface area (Å²) in [7, 11) is 0. The topological polar surface area (TPSA) is 105 Å². The number of rotatable bonds is 6. The van der Waals surface area contributed by atoms with Crippen LogP contribution in [-0.2, 0) is 11.2 Å². The molecule has 9 heteroatoms. The lowest BCUT2D eigenvalue weighted by molar-refractivity contribution is 0.0154. The van der Waals surface area contributed by atoms with E-state index in [9.17, 15) is 15.0 Å². The van der Waals surface area contributed by atoms with Crippen LogP contribution in [0.4, 0.5) is 5.82 Å². The minimum Gasteiger partial charge on any atom is -0.396 e. The molecule has 3 heterocycles. The predicted octanol–water partition coefficient (Wildman–Crippen LogP) is 3.81. The zero-order valence-electron chi connectivity index (χ0n) is 18.9. The van der Waals surface area contributed by atoms with Crippen LogP contribution < -0.4 is 5.32 Å². The van der Waals surface area contributed by atoms with E-state index in [4.69, 9.17) is 16.3 Å². The fourth-order valence-corrected chi connectivity index (χ4v) is 6.62. The molecule has 3 aliphatic rings. The first-order valence-corrected chi connectivity index (χ1v) is 12.9. The molecular formula is C25H28ClN3O4S. The summed E-state index contributed by atoms with van der Waals surface area (Å²) in [5.74, 6) is 0.208. The van der Waals surface area contributed by atoms with Gasteiger partial charge in [-0.05, 0) is 42.5 Å². The average Bonchev–Trinajstić information content (AvgIpc) is 3.40. The number of hydrogen-bond donors (Lipinski definition) is 3. The predicted molar refractivity (Wildman–Crippen MR) is 132 cm³/mol. The number of carbonyl (C=O) groups is 1. The molecule has 1 fully saturated rings. The van der Waals surface area contributed by atoms with E-state index in [-0.39, 0.29) is 41.6 Å². The first-order chi connectivity index (χ1) is 16.4. The van der Waals surface area contributed by atoms with Crippen molar-refractivity contribution >= 4 is 35.0 Å². The molecular weight excluding hydrogens is 474 g/mol. The Morgan fingerprint density at radius 2 is 2.21 bits per heavy atom. The summed E-state index contributed by atoms with van der Waals surface area (Å²) < 4.78 is 6.18. The molecule has 6 atom stereocenters. The molecule has 1 aromatic carbocycles. The molecule has 2 aromatic rings. The van der Waals surface area contributed by atoms with Gasteiger partial charge in [-0.25, -0.2) is 9.97 Å². The van der Waals surface area contributed by atoms with Crippen molar-refractivity contribution in [3.8, 4) is 0 Å². The highest BCUT2D eigenvalue weighted by molar-refractivity contribution is 8.04. The molecule has 0 bridgehead atoms. The van der Waals surface area contributed by atoms with Gasteiger partial charge in [-0.1, -0.05) is 30.7 Å². The summed E-state index contributed by atoms with van der Waals surface area (Å²) in [6, 6.07) is 5.89. The lowest BCUT2D eigenvalue weighted by Gasteiger charge is -2.31. The molecule has 5 rings (SSSR count). The molecule has 1 aromatic heterocycles. The molecule has 0 spiro atoms. The average molecular weight is 502 g/mol. The van der Waals surface area contributed by atoms with Crippen molar-refractivity contribution in [3.63, 3.8) is 0 Å². The van der Waals surface area contributed by atoms with E-state index in [1.54, 1.807) is 11.8 Å². The normalized spacial score (nSPS) is 30.6. The van der Waals surface area contributed by atoms with E-state index < -0.39 is 6.10 Å². The number of carbonyl (C=O) groups excluding carboxylic acids is 1. The van der Waals surface area contributed by atoms with Crippen LogP contribution in [0, 0.1) is 11.8 Å². The van der Waals surface area contributed by atoms with Crippen LogP contribution in [-0.4, -0.2) is 56.6 Å². The second-order valence-corrected chi connectivity index (χ2v) is 11.1. The maximum atomic E-state index is 13.5. The number of thioether (sulfide) groups is 1. The van der Waals surface area contributed by atoms with E-state index in [0.29, 0.717) is 40.8 Å². The van der Waals surface area contributed by atoms with Crippen LogP contribution in [0.3, 0.4) is 0 Å². The van der Waals surface area contributed by atoms with Gasteiger partial charge in [-0.2, -0.15) is 0 Å². The Balaban J connectivity index is 1.37. The number of Topliss-reactive ketones (excluding diaryl/α,β-unsaturated/α-hetero) is 1. The van der Waals surface area contributed by atoms with Crippen molar-refractivity contribution in [3.05, 3.63) is 63.4 Å². The van der Waals surface area contributed by atoms with Crippen LogP contribution in [0.1, 0.15) is 47.4 Å². The van der Waals surface area contributed by atoms with Gasteiger partial charge in [0, 0.05) is 41.0 Å². The number of benzene rings is 1. The van der Waals surface area contributed by atoms with Crippen LogP contribution in [0.15, 0.2) is 41.7 Å². The zero-order valence-corrected chi connectivity index (χ0v) is 20.4. The molecule has 3 unspecified atom stereocenters. The van der Waals surface area contributed by atoms with Crippen LogP contribution >= 0.6 is 23.4 Å². The van der Waals surface area contributed by atoms with Crippen molar-refractivity contribution in [1.82, 2.24) is 9.97 Å². The van der Waals surface area contributed by atoms with Gasteiger partial charge in [0.2, 0.25) is 5.78 Å². The molecule has 2 aliphatic heterocycles. The van der Waals surface area contributed by atoms with E-state index in [2.05, 4.69) is 28.3 Å². The molecule has 0 amide bonds. The fraction of sp³-hybridized carbons (Fsp3) is 0.480. The van der Waals surface area contributed by atoms with Crippen LogP contribution in [0.2, 0.25) is 5.02 Å². The third-order valence-electron chi connectivity index (χ3n) is 7.05. The Morgan fingerprint density at radius 1 is 1.35 bits per heavy atom. The molecule has 180 valence electrons. The van der Waals surface area contributed by atoms with Crippen molar-refractivity contribution in [2.24, 2.45) is 11.8 Å². The SMILES string of the molecule is CC1SC(C(=O)c2cncnc2NC2C[C@H](CO)[C@@H](O)C2)=CC1[C@@H]1OCCc2ccc(Cl)cc21. The number of allylic oxidation sites excluding steroid dienone is 1. The minimum absolute atomic E-state index is 0.0396. The van der Waals surface area contributed by atoms with E-state index in [0.717, 1.165) is 12.0 Å². The highest BCUT2D eigenvalue weighted by Crippen LogP contribution is 2.47. The molecule has 0 saturated heterocycles. The van der Waals surface area contributed by atoms with E-state index in [1.807, 2.05) is 18.2 Å². The molecule has 7 nitrogen and oxygen atoms in total. The molecule has 3 N–H and O–H groups in total. The van der Waals surface area contributed by atoms with Gasteiger partial charge >= 0.3 is 0 Å². The lowest BCUT2D eigenvalue weighted by Crippen LogP contribution is -2.25. The second-order valence-electron chi connectivity index (χ2n) is 9.25. The smallest absolute Gasteiger partial charge is 0.204 e. The van der Waals surface area contributed by atoms with Gasteiger partial charge in [0.05, 0.1) is 29.3 Å². The van der Waals surface area contributed by atoms with Gasteiger partial charge in [0.1, 0.15) is 12.1 Å². The number of fused-ring (bicyclic) bond motifs is 1. The fourth-order valence-electron chi connectivity index (χ4n) is 5.21. The summed E-state index contributed by atoms with van der Waals surface area (Å²) in [6.07, 6.45) is 6.24. The van der Waals surface area contributed by atoms with Crippen molar-refractivity contribution in [2.45, 2.75) is 49.7 Å². The van der Waals surface area contributed by atoms with Gasteiger partial charge < -0.3 is 20.3 Å². The third-order valence-corrected chi connectivity index (χ3v) is 8.54. The Labute approximate surface area is 208 Å². The van der Waals surface area contributed by atoms with E-state index in [1.165, 1.54) is 18.1 Å². The number of nitrogens with zero attached hydrogens (tertiary/aromatic N) is 2. The number of aliphatic hydroxyl groups excluding tert-OH is 2. The summed E-state index contributed by atoms with van der Waals surface area (Å²) in [4.78, 5) is 22.6. The van der Waals surface area contributed by atoms with Crippen molar-refractivity contribution in [1.29, 1.82) is 0 Å². The highest BCUT2D eigenvalue weighted by atomic mass is 35.5. The maximum Gasteiger partial charge on any atom is 0.204 e. The second kappa shape index (κ2) is 9.95. The lowest BCUT2D eigenvalue weighted by atomic mass is 9.87. The Bertz CT molecular complexity index is 1110. The standard InChI is InChI=1S/C25H28ClN3O4S/c1-13-18(24-19-7-16(26)3-2-14(19)4-5-33-24)9-22(34-13)23(32)20-10-27-12-28-25(20)29-17-6-15(11-30)21(31)8-17/h2-3,7,9-10,12-13,15,17-18,21,24,30-31H,4-6,8,11H2,1H3,(H,27,28,29)/t13?,15-,17?,18?,21+,24+/m1/s1. The quantitative estimate of drug-likeness (QED) is 0.513. The Morgan fingerprint density at radius 3 is 3.00 bits per heavy atom. The van der Waals surface area contributed by atoms with E-state index >= 15 is 0 Å². The number of aliphatic hydroxyl groups is 2. The van der Waals surface area contributed by atoms with Crippen molar-refractivity contribution in [2.75, 3.05) is 18.5 Å². The first kappa shape index (κ1) is 23.8. The number of nitrogens with one attached hydrogen (secondary N) is 1. The van der Waals surface area contributed by atoms with Crippen molar-refractivity contribution < 1.29 is 19.7 Å². The number of ketones is 1. The van der Waals surface area contributed by atoms with Gasteiger partial charge in [0.15, 0.2) is 0 Å². The van der Waals surface area contributed by atoms with Crippen LogP contribution in [0.5, 0.6) is 0 Å². The van der Waals surface area contributed by atoms with Crippen LogP contribution in [0.25, 0.3) is 0 Å². The third kappa shape index (κ3) is 4.62. The summed E-state index contributed by atoms with van der Waals surface area (Å²) >= 11 is 7.83. The number of anilines is 1. The van der Waals surface area contributed by atoms with Gasteiger partial charge in [-0.3, -0.25) is 4.79 Å². The Hall–Kier alpha value is -1.97. The van der Waals surface area contributed by atoms with Gasteiger partial charge in [-0.15, -0.1) is 11.8 Å². The number of ether oxygens (including phenoxy) is 1. The largest absolute Gasteiger partial charge is 0.396 e. The summed E-state index contributed by atoms with van der Waals surface area (Å²) in [5, 5.41) is 23.7. The maximum absolute atomic E-state index is 13.5. The van der Waals surface area contributed by atoms with Gasteiger partial charge in [0.25, 0.3) is 0 Å². The molecule has 1 aliphatic carbocycles. The Kier molecular flexibility index (Phi) is 6.95. The summed E-state index contributed by atoms with van der Waals surface area (Å²) in [6.45, 7) is 2.70. The first-order valence-electron chi connectivity index (χ1n) is 11.6. The number of hydrogen-bond acceptors (Lipinski definition) is 8. The summed E-state index contributed by atoms with van der Waals surface area (Å²) in [5.41, 5.74) is 2.75. The molecule has 0 radical (unpaired) electrons. The minimum atomic E-state index is -0.565. The molecule has 34 heavy (non-hydrogen) atoms. The monoisotopic (exact) mass is 501 g/mol. The molecule has 1 saturated carbocycles. The number of aromatic nitrogens is 2. The zero-order chi connectivity index (χ0) is 23.8. The highest BCUT2D eigenvalue weighted by Gasteiger charge is 2.38. The number of halogens is 1.